The van der Waals surface area contributed by atoms with Gasteiger partial charge in [-0.3, -0.25) is 4.79 Å². The molecule has 6 heteroatoms. The first-order chi connectivity index (χ1) is 19.0. The van der Waals surface area contributed by atoms with Crippen LogP contribution >= 0.6 is 18.9 Å². The maximum absolute atomic E-state index is 13.7. The Kier molecular flexibility index (Phi) is 9.45. The largest absolute Gasteiger partial charge is 0.874 e. The number of hydrogen-bond acceptors (Lipinski definition) is 4. The van der Waals surface area contributed by atoms with Crippen LogP contribution in [0.25, 0.3) is 0 Å². The number of hydrogen-bond donors (Lipinski definition) is 0. The van der Waals surface area contributed by atoms with Gasteiger partial charge in [0.15, 0.2) is 0 Å². The van der Waals surface area contributed by atoms with Crippen molar-refractivity contribution in [2.24, 2.45) is 5.92 Å². The summed E-state index contributed by atoms with van der Waals surface area (Å²) >= 11 is 7.11. The van der Waals surface area contributed by atoms with Crippen molar-refractivity contribution in [3.8, 4) is 0 Å². The summed E-state index contributed by atoms with van der Waals surface area (Å²) in [7, 11) is -2.58. The van der Waals surface area contributed by atoms with E-state index in [0.717, 1.165) is 15.9 Å². The van der Waals surface area contributed by atoms with Gasteiger partial charge >= 0.3 is 5.97 Å². The average molecular weight is 559 g/mol. The average Bonchev–Trinajstić information content (AvgIpc) is 3.13. The van der Waals surface area contributed by atoms with Crippen LogP contribution in [0, 0.1) is 5.92 Å². The van der Waals surface area contributed by atoms with Crippen LogP contribution in [0.1, 0.15) is 13.8 Å². The second-order valence-electron chi connectivity index (χ2n) is 8.92. The first-order valence-electron chi connectivity index (χ1n) is 13.0. The van der Waals surface area contributed by atoms with Gasteiger partial charge in [0.05, 0.1) is 18.1 Å². The SMILES string of the molecule is CCOC(=O)C(/C(=C/[P+](c1ccccc1)(c1ccccc1)c1ccccc1)OCC)C1(Cl)C=CC=CC=C1[O-]. The summed E-state index contributed by atoms with van der Waals surface area (Å²) in [6.45, 7) is 3.99. The molecule has 0 radical (unpaired) electrons. The molecule has 0 bridgehead atoms. The molecule has 1 aliphatic carbocycles. The Morgan fingerprint density at radius 3 is 1.77 bits per heavy atom. The summed E-state index contributed by atoms with van der Waals surface area (Å²) in [4.78, 5) is 12.0. The fraction of sp³-hybridized carbons (Fsp3) is 0.182. The van der Waals surface area contributed by atoms with Gasteiger partial charge in [-0.15, -0.1) is 17.4 Å². The zero-order valence-electron chi connectivity index (χ0n) is 22.1. The molecular formula is C33H32ClO4P. The molecule has 0 fully saturated rings. The lowest BCUT2D eigenvalue weighted by Crippen LogP contribution is -2.44. The van der Waals surface area contributed by atoms with Crippen molar-refractivity contribution in [1.82, 2.24) is 0 Å². The normalized spacial score (nSPS) is 18.1. The maximum atomic E-state index is 13.7. The summed E-state index contributed by atoms with van der Waals surface area (Å²) in [5.74, 6) is 0.106. The Hall–Kier alpha value is -3.59. The molecule has 0 aliphatic heterocycles. The van der Waals surface area contributed by atoms with E-state index in [0.29, 0.717) is 5.76 Å². The van der Waals surface area contributed by atoms with Gasteiger partial charge in [0.1, 0.15) is 40.7 Å². The lowest BCUT2D eigenvalue weighted by atomic mass is 9.87. The molecule has 0 saturated heterocycles. The summed E-state index contributed by atoms with van der Waals surface area (Å²) in [6, 6.07) is 30.6. The molecule has 2 unspecified atom stereocenters. The second kappa shape index (κ2) is 13.0. The Labute approximate surface area is 236 Å². The van der Waals surface area contributed by atoms with Crippen LogP contribution in [-0.2, 0) is 14.3 Å². The van der Waals surface area contributed by atoms with Crippen molar-refractivity contribution in [3.63, 3.8) is 0 Å². The van der Waals surface area contributed by atoms with Crippen LogP contribution < -0.4 is 21.0 Å². The number of rotatable bonds is 10. The molecule has 200 valence electrons. The predicted octanol–water partition coefficient (Wildman–Crippen LogP) is 5.39. The first-order valence-corrected chi connectivity index (χ1v) is 15.2. The summed E-state index contributed by atoms with van der Waals surface area (Å²) in [5.41, 5.74) is 0. The minimum absolute atomic E-state index is 0.137. The summed E-state index contributed by atoms with van der Waals surface area (Å²) < 4.78 is 11.8. The quantitative estimate of drug-likeness (QED) is 0.145. The molecule has 0 heterocycles. The summed E-state index contributed by atoms with van der Waals surface area (Å²) in [6.07, 6.45) is 7.95. The van der Waals surface area contributed by atoms with Gasteiger partial charge in [0.25, 0.3) is 0 Å². The van der Waals surface area contributed by atoms with Gasteiger partial charge in [-0.05, 0) is 50.2 Å². The fourth-order valence-corrected chi connectivity index (χ4v) is 8.99. The molecule has 3 aromatic rings. The van der Waals surface area contributed by atoms with Gasteiger partial charge in [0.2, 0.25) is 0 Å². The molecule has 0 saturated carbocycles. The van der Waals surface area contributed by atoms with Crippen LogP contribution in [0.4, 0.5) is 0 Å². The Balaban J connectivity index is 2.10. The third kappa shape index (κ3) is 5.88. The molecule has 0 N–H and O–H groups in total. The molecule has 0 spiro atoms. The number of carbonyl (C=O) groups is 1. The van der Waals surface area contributed by atoms with Crippen molar-refractivity contribution < 1.29 is 19.4 Å². The van der Waals surface area contributed by atoms with Crippen LogP contribution in [0.15, 0.2) is 139 Å². The van der Waals surface area contributed by atoms with Gasteiger partial charge in [-0.25, -0.2) is 0 Å². The maximum Gasteiger partial charge on any atom is 0.319 e. The number of allylic oxidation sites excluding steroid dienone is 5. The summed E-state index contributed by atoms with van der Waals surface area (Å²) in [5, 5.41) is 16.6. The van der Waals surface area contributed by atoms with E-state index in [2.05, 4.69) is 36.4 Å². The molecular weight excluding hydrogens is 527 g/mol. The third-order valence-electron chi connectivity index (χ3n) is 6.54. The monoisotopic (exact) mass is 558 g/mol. The highest BCUT2D eigenvalue weighted by atomic mass is 35.5. The number of carbonyl (C=O) groups excluding carboxylic acids is 1. The van der Waals surface area contributed by atoms with E-state index in [9.17, 15) is 9.90 Å². The molecule has 39 heavy (non-hydrogen) atoms. The Morgan fingerprint density at radius 1 is 0.821 bits per heavy atom. The number of benzene rings is 3. The number of alkyl halides is 1. The van der Waals surface area contributed by atoms with Crippen molar-refractivity contribution in [1.29, 1.82) is 0 Å². The highest BCUT2D eigenvalue weighted by Crippen LogP contribution is 2.59. The van der Waals surface area contributed by atoms with Crippen LogP contribution in [0.3, 0.4) is 0 Å². The Morgan fingerprint density at radius 2 is 1.31 bits per heavy atom. The van der Waals surface area contributed by atoms with Crippen molar-refractivity contribution in [2.45, 2.75) is 18.7 Å². The molecule has 2 atom stereocenters. The van der Waals surface area contributed by atoms with E-state index in [1.807, 2.05) is 67.3 Å². The lowest BCUT2D eigenvalue weighted by molar-refractivity contribution is -0.311. The zero-order chi connectivity index (χ0) is 27.7. The predicted molar refractivity (Wildman–Crippen MR) is 160 cm³/mol. The minimum atomic E-state index is -2.58. The molecule has 0 amide bonds. The van der Waals surface area contributed by atoms with E-state index in [-0.39, 0.29) is 13.2 Å². The molecule has 3 aromatic carbocycles. The van der Waals surface area contributed by atoms with E-state index >= 15 is 0 Å². The van der Waals surface area contributed by atoms with Crippen LogP contribution in [0.5, 0.6) is 0 Å². The topological polar surface area (TPSA) is 58.6 Å². The minimum Gasteiger partial charge on any atom is -0.874 e. The van der Waals surface area contributed by atoms with E-state index in [1.165, 1.54) is 6.08 Å². The van der Waals surface area contributed by atoms with Crippen molar-refractivity contribution in [2.75, 3.05) is 13.2 Å². The van der Waals surface area contributed by atoms with Gasteiger partial charge in [-0.1, -0.05) is 85.0 Å². The van der Waals surface area contributed by atoms with E-state index in [1.54, 1.807) is 31.2 Å². The highest BCUT2D eigenvalue weighted by Gasteiger charge is 2.50. The Bertz CT molecular complexity index is 1270. The number of ether oxygens (including phenoxy) is 2. The zero-order valence-corrected chi connectivity index (χ0v) is 23.7. The molecule has 4 nitrogen and oxygen atoms in total. The molecule has 0 aromatic heterocycles. The molecule has 4 rings (SSSR count). The van der Waals surface area contributed by atoms with Gasteiger partial charge in [0, 0.05) is 0 Å². The number of esters is 1. The van der Waals surface area contributed by atoms with E-state index in [4.69, 9.17) is 21.1 Å². The van der Waals surface area contributed by atoms with Crippen LogP contribution in [0.2, 0.25) is 0 Å². The van der Waals surface area contributed by atoms with Crippen LogP contribution in [-0.4, -0.2) is 24.1 Å². The van der Waals surface area contributed by atoms with Gasteiger partial charge < -0.3 is 14.6 Å². The standard InChI is InChI=1S/C33H32ClO4P/c1-3-37-29(31(32(36)38-4-2)33(34)24-16-8-15-23-30(33)35)25-39(26-17-9-5-10-18-26,27-19-11-6-12-20-27)28-21-13-7-14-22-28/h5-25,31H,3-4H2,1-2H3/b29-25-. The number of halogens is 1. The van der Waals surface area contributed by atoms with Crippen molar-refractivity contribution in [3.05, 3.63) is 139 Å². The van der Waals surface area contributed by atoms with Crippen molar-refractivity contribution >= 4 is 40.7 Å². The van der Waals surface area contributed by atoms with E-state index < -0.39 is 29.8 Å². The third-order valence-corrected chi connectivity index (χ3v) is 11.0. The lowest BCUT2D eigenvalue weighted by Gasteiger charge is -2.37. The first kappa shape index (κ1) is 28.4. The fourth-order valence-electron chi connectivity index (χ4n) is 4.78. The molecule has 1 aliphatic rings. The smallest absolute Gasteiger partial charge is 0.319 e. The van der Waals surface area contributed by atoms with Gasteiger partial charge in [-0.2, -0.15) is 0 Å². The second-order valence-corrected chi connectivity index (χ2v) is 12.8. The highest BCUT2D eigenvalue weighted by molar-refractivity contribution is 7.98.